The number of carboxylic acid groups (broad SMARTS) is 1. The minimum atomic E-state index is -1.56. The molecule has 0 saturated heterocycles. The van der Waals surface area contributed by atoms with E-state index >= 15 is 0 Å². The van der Waals surface area contributed by atoms with Crippen molar-refractivity contribution in [3.05, 3.63) is 35.1 Å². The van der Waals surface area contributed by atoms with Gasteiger partial charge in [0.05, 0.1) is 5.92 Å². The van der Waals surface area contributed by atoms with Crippen LogP contribution in [0.2, 0.25) is 0 Å². The molecule has 1 aromatic rings. The number of carbonyl (C=O) groups is 1. The van der Waals surface area contributed by atoms with E-state index in [1.54, 1.807) is 0 Å². The van der Waals surface area contributed by atoms with Crippen molar-refractivity contribution in [1.82, 2.24) is 0 Å². The minimum absolute atomic E-state index is 0.0606. The summed E-state index contributed by atoms with van der Waals surface area (Å²) < 4.78 is 27.2. The molecule has 17 heavy (non-hydrogen) atoms. The molecule has 0 aliphatic rings. The Morgan fingerprint density at radius 1 is 1.47 bits per heavy atom. The van der Waals surface area contributed by atoms with E-state index in [4.69, 9.17) is 5.11 Å². The van der Waals surface area contributed by atoms with Crippen LogP contribution in [0.5, 0.6) is 0 Å². The summed E-state index contributed by atoms with van der Waals surface area (Å²) in [7, 11) is 0. The van der Waals surface area contributed by atoms with Crippen LogP contribution in [0.1, 0.15) is 31.9 Å². The predicted octanol–water partition coefficient (Wildman–Crippen LogP) is 3.29. The maximum Gasteiger partial charge on any atom is 0.306 e. The third kappa shape index (κ3) is 3.51. The molecule has 4 heteroatoms. The molecule has 0 aromatic heterocycles. The number of carboxylic acids is 1. The monoisotopic (exact) mass is 242 g/mol. The molecule has 0 bridgehead atoms. The van der Waals surface area contributed by atoms with Crippen molar-refractivity contribution < 1.29 is 18.7 Å². The zero-order valence-electron chi connectivity index (χ0n) is 10.1. The molecule has 0 amide bonds. The number of benzene rings is 1. The van der Waals surface area contributed by atoms with Gasteiger partial charge in [-0.05, 0) is 43.5 Å². The van der Waals surface area contributed by atoms with Gasteiger partial charge >= 0.3 is 5.97 Å². The molecule has 0 heterocycles. The molecule has 1 atom stereocenters. The normalized spacial score (nSPS) is 13.5. The Hall–Kier alpha value is -1.45. The van der Waals surface area contributed by atoms with Crippen LogP contribution in [0.3, 0.4) is 0 Å². The van der Waals surface area contributed by atoms with Crippen LogP contribution in [-0.2, 0) is 16.9 Å². The lowest BCUT2D eigenvalue weighted by Crippen LogP contribution is -2.15. The summed E-state index contributed by atoms with van der Waals surface area (Å²) >= 11 is 0. The largest absolute Gasteiger partial charge is 0.481 e. The highest BCUT2D eigenvalue weighted by atomic mass is 19.1. The number of alkyl halides is 1. The summed E-state index contributed by atoms with van der Waals surface area (Å²) in [6.45, 7) is 4.25. The minimum Gasteiger partial charge on any atom is -0.481 e. The van der Waals surface area contributed by atoms with E-state index in [0.29, 0.717) is 5.56 Å². The van der Waals surface area contributed by atoms with E-state index < -0.39 is 23.4 Å². The Morgan fingerprint density at radius 2 is 2.06 bits per heavy atom. The number of hydrogen-bond donors (Lipinski definition) is 1. The molecular weight excluding hydrogens is 226 g/mol. The molecule has 94 valence electrons. The van der Waals surface area contributed by atoms with Gasteiger partial charge in [0.15, 0.2) is 0 Å². The van der Waals surface area contributed by atoms with Gasteiger partial charge in [-0.25, -0.2) is 8.78 Å². The molecule has 0 fully saturated rings. The predicted molar refractivity (Wildman–Crippen MR) is 61.0 cm³/mol. The van der Waals surface area contributed by atoms with Crippen LogP contribution < -0.4 is 0 Å². The number of halogens is 2. The Labute approximate surface area is 99.3 Å². The maximum atomic E-state index is 13.7. The molecule has 0 spiro atoms. The molecule has 0 radical (unpaired) electrons. The van der Waals surface area contributed by atoms with Gasteiger partial charge in [-0.3, -0.25) is 4.79 Å². The quantitative estimate of drug-likeness (QED) is 0.879. The average Bonchev–Trinajstić information content (AvgIpc) is 2.19. The summed E-state index contributed by atoms with van der Waals surface area (Å²) in [6.07, 6.45) is 0.0606. The van der Waals surface area contributed by atoms with Gasteiger partial charge in [-0.15, -0.1) is 0 Å². The summed E-state index contributed by atoms with van der Waals surface area (Å²) in [5, 5.41) is 8.77. The molecule has 0 aliphatic heterocycles. The van der Waals surface area contributed by atoms with Gasteiger partial charge in [0, 0.05) is 0 Å². The number of hydrogen-bond acceptors (Lipinski definition) is 1. The van der Waals surface area contributed by atoms with Crippen LogP contribution in [0.15, 0.2) is 18.2 Å². The first kappa shape index (κ1) is 13.6. The highest BCUT2D eigenvalue weighted by molar-refractivity contribution is 5.69. The Kier molecular flexibility index (Phi) is 3.86. The standard InChI is InChI=1S/C13H16F2O2/c1-8(12(16)17)6-9-7-10(13(2,3)15)4-5-11(9)14/h4-5,7-8H,6H2,1-3H3,(H,16,17). The van der Waals surface area contributed by atoms with Gasteiger partial charge in [0.1, 0.15) is 11.5 Å². The van der Waals surface area contributed by atoms with E-state index in [2.05, 4.69) is 0 Å². The fourth-order valence-electron chi connectivity index (χ4n) is 1.52. The first-order valence-corrected chi connectivity index (χ1v) is 5.42. The van der Waals surface area contributed by atoms with Crippen molar-refractivity contribution >= 4 is 5.97 Å². The molecule has 0 aliphatic carbocycles. The first-order valence-electron chi connectivity index (χ1n) is 5.42. The van der Waals surface area contributed by atoms with E-state index in [9.17, 15) is 13.6 Å². The van der Waals surface area contributed by atoms with E-state index in [0.717, 1.165) is 0 Å². The van der Waals surface area contributed by atoms with Gasteiger partial charge in [-0.1, -0.05) is 13.0 Å². The van der Waals surface area contributed by atoms with Crippen molar-refractivity contribution in [1.29, 1.82) is 0 Å². The lowest BCUT2D eigenvalue weighted by molar-refractivity contribution is -0.141. The van der Waals surface area contributed by atoms with Crippen molar-refractivity contribution in [2.75, 3.05) is 0 Å². The first-order chi connectivity index (χ1) is 7.71. The van der Waals surface area contributed by atoms with Crippen LogP contribution >= 0.6 is 0 Å². The van der Waals surface area contributed by atoms with Gasteiger partial charge in [-0.2, -0.15) is 0 Å². The highest BCUT2D eigenvalue weighted by Crippen LogP contribution is 2.27. The smallest absolute Gasteiger partial charge is 0.306 e. The van der Waals surface area contributed by atoms with Crippen molar-refractivity contribution in [2.24, 2.45) is 5.92 Å². The van der Waals surface area contributed by atoms with Crippen LogP contribution in [0, 0.1) is 11.7 Å². The van der Waals surface area contributed by atoms with E-state index in [-0.39, 0.29) is 12.0 Å². The lowest BCUT2D eigenvalue weighted by atomic mass is 9.94. The van der Waals surface area contributed by atoms with E-state index in [1.165, 1.54) is 39.0 Å². The van der Waals surface area contributed by atoms with Crippen LogP contribution in [0.25, 0.3) is 0 Å². The third-order valence-electron chi connectivity index (χ3n) is 2.68. The average molecular weight is 242 g/mol. The zero-order chi connectivity index (χ0) is 13.2. The fourth-order valence-corrected chi connectivity index (χ4v) is 1.52. The SMILES string of the molecule is CC(Cc1cc(C(C)(C)F)ccc1F)C(=O)O. The summed E-state index contributed by atoms with van der Waals surface area (Å²) in [4.78, 5) is 10.7. The number of rotatable bonds is 4. The molecule has 1 aromatic carbocycles. The summed E-state index contributed by atoms with van der Waals surface area (Å²) in [5.74, 6) is -2.18. The molecule has 1 N–H and O–H groups in total. The van der Waals surface area contributed by atoms with Crippen molar-refractivity contribution in [2.45, 2.75) is 32.9 Å². The molecule has 0 saturated carbocycles. The second-order valence-electron chi connectivity index (χ2n) is 4.72. The van der Waals surface area contributed by atoms with Crippen LogP contribution in [0.4, 0.5) is 8.78 Å². The van der Waals surface area contributed by atoms with Gasteiger partial charge < -0.3 is 5.11 Å². The second kappa shape index (κ2) is 4.82. The topological polar surface area (TPSA) is 37.3 Å². The summed E-state index contributed by atoms with van der Waals surface area (Å²) in [5.41, 5.74) is -0.968. The third-order valence-corrected chi connectivity index (χ3v) is 2.68. The van der Waals surface area contributed by atoms with Gasteiger partial charge in [0.2, 0.25) is 0 Å². The van der Waals surface area contributed by atoms with E-state index in [1.807, 2.05) is 0 Å². The molecule has 2 nitrogen and oxygen atoms in total. The molecule has 1 rings (SSSR count). The van der Waals surface area contributed by atoms with Gasteiger partial charge in [0.25, 0.3) is 0 Å². The maximum absolute atomic E-state index is 13.7. The Balaban J connectivity index is 3.03. The molecular formula is C13H16F2O2. The highest BCUT2D eigenvalue weighted by Gasteiger charge is 2.21. The van der Waals surface area contributed by atoms with Crippen molar-refractivity contribution in [3.8, 4) is 0 Å². The summed E-state index contributed by atoms with van der Waals surface area (Å²) in [6, 6.07) is 3.96. The Bertz CT molecular complexity index is 422. The number of aliphatic carboxylic acids is 1. The zero-order valence-corrected chi connectivity index (χ0v) is 10.1. The van der Waals surface area contributed by atoms with Crippen molar-refractivity contribution in [3.63, 3.8) is 0 Å². The second-order valence-corrected chi connectivity index (χ2v) is 4.72. The van der Waals surface area contributed by atoms with Crippen LogP contribution in [-0.4, -0.2) is 11.1 Å². The Morgan fingerprint density at radius 3 is 2.53 bits per heavy atom. The lowest BCUT2D eigenvalue weighted by Gasteiger charge is -2.16. The molecule has 1 unspecified atom stereocenters. The fraction of sp³-hybridized carbons (Fsp3) is 0.462.